The molecule has 84 valence electrons. The Morgan fingerprint density at radius 2 is 1.93 bits per heavy atom. The smallest absolute Gasteiger partial charge is 0.0443 e. The van der Waals surface area contributed by atoms with Gasteiger partial charge in [-0.25, -0.2) is 0 Å². The monoisotopic (exact) mass is 208 g/mol. The quantitative estimate of drug-likeness (QED) is 0.696. The van der Waals surface area contributed by atoms with Gasteiger partial charge in [0.05, 0.1) is 0 Å². The van der Waals surface area contributed by atoms with Gasteiger partial charge in [-0.1, -0.05) is 19.1 Å². The van der Waals surface area contributed by atoms with Gasteiger partial charge < -0.3 is 10.8 Å². The molecule has 0 atom stereocenters. The molecule has 0 saturated heterocycles. The van der Waals surface area contributed by atoms with Gasteiger partial charge in [-0.05, 0) is 30.7 Å². The molecule has 0 amide bonds. The summed E-state index contributed by atoms with van der Waals surface area (Å²) in [7, 11) is 0. The second-order valence-electron chi connectivity index (χ2n) is 3.69. The first kappa shape index (κ1) is 12.0. The van der Waals surface area contributed by atoms with Crippen molar-refractivity contribution in [3.63, 3.8) is 0 Å². The van der Waals surface area contributed by atoms with E-state index >= 15 is 0 Å². The lowest BCUT2D eigenvalue weighted by molar-refractivity contribution is 0.225. The van der Waals surface area contributed by atoms with Crippen molar-refractivity contribution in [2.75, 3.05) is 25.4 Å². The highest BCUT2D eigenvalue weighted by atomic mass is 16.3. The summed E-state index contributed by atoms with van der Waals surface area (Å²) >= 11 is 0. The Hall–Kier alpha value is -1.06. The third-order valence-corrected chi connectivity index (χ3v) is 2.47. The Morgan fingerprint density at radius 1 is 1.27 bits per heavy atom. The van der Waals surface area contributed by atoms with Crippen LogP contribution in [0, 0.1) is 0 Å². The predicted molar refractivity (Wildman–Crippen MR) is 63.5 cm³/mol. The molecule has 1 aromatic rings. The van der Waals surface area contributed by atoms with E-state index < -0.39 is 0 Å². The van der Waals surface area contributed by atoms with Crippen LogP contribution in [-0.2, 0) is 6.54 Å². The maximum absolute atomic E-state index is 8.77. The molecule has 0 aliphatic carbocycles. The van der Waals surface area contributed by atoms with Gasteiger partial charge in [-0.15, -0.1) is 0 Å². The zero-order valence-corrected chi connectivity index (χ0v) is 9.32. The Labute approximate surface area is 91.5 Å². The fourth-order valence-electron chi connectivity index (χ4n) is 1.52. The highest BCUT2D eigenvalue weighted by Gasteiger charge is 2.02. The summed E-state index contributed by atoms with van der Waals surface area (Å²) in [5, 5.41) is 8.77. The maximum Gasteiger partial charge on any atom is 0.0443 e. The Morgan fingerprint density at radius 3 is 2.47 bits per heavy atom. The predicted octanol–water partition coefficient (Wildman–Crippen LogP) is 1.47. The van der Waals surface area contributed by atoms with Crippen molar-refractivity contribution in [3.8, 4) is 0 Å². The lowest BCUT2D eigenvalue weighted by atomic mass is 10.2. The van der Waals surface area contributed by atoms with Crippen LogP contribution in [0.3, 0.4) is 0 Å². The van der Waals surface area contributed by atoms with Gasteiger partial charge in [0.1, 0.15) is 0 Å². The van der Waals surface area contributed by atoms with E-state index in [1.54, 1.807) is 0 Å². The second-order valence-corrected chi connectivity index (χ2v) is 3.69. The zero-order chi connectivity index (χ0) is 11.1. The molecule has 1 rings (SSSR count). The van der Waals surface area contributed by atoms with Gasteiger partial charge in [0.2, 0.25) is 0 Å². The Kier molecular flexibility index (Phi) is 5.15. The average Bonchev–Trinajstić information content (AvgIpc) is 2.27. The number of benzene rings is 1. The third-order valence-electron chi connectivity index (χ3n) is 2.47. The van der Waals surface area contributed by atoms with Crippen molar-refractivity contribution in [2.45, 2.75) is 19.9 Å². The molecule has 0 radical (unpaired) electrons. The summed E-state index contributed by atoms with van der Waals surface area (Å²) < 4.78 is 0. The van der Waals surface area contributed by atoms with E-state index in [0.29, 0.717) is 0 Å². The van der Waals surface area contributed by atoms with Crippen LogP contribution in [0.4, 0.5) is 5.69 Å². The van der Waals surface area contributed by atoms with Crippen LogP contribution in [0.25, 0.3) is 0 Å². The van der Waals surface area contributed by atoms with E-state index in [4.69, 9.17) is 10.8 Å². The first-order valence-corrected chi connectivity index (χ1v) is 5.44. The second kappa shape index (κ2) is 6.43. The van der Waals surface area contributed by atoms with Crippen LogP contribution < -0.4 is 5.73 Å². The van der Waals surface area contributed by atoms with Gasteiger partial charge in [-0.3, -0.25) is 4.90 Å². The standard InChI is InChI=1S/C12H20N2O/c1-2-14(8-3-9-15)10-11-4-6-12(13)7-5-11/h4-7,15H,2-3,8-10,13H2,1H3. The van der Waals surface area contributed by atoms with Crippen LogP contribution in [0.15, 0.2) is 24.3 Å². The number of hydrogen-bond donors (Lipinski definition) is 2. The summed E-state index contributed by atoms with van der Waals surface area (Å²) in [4.78, 5) is 2.31. The Bertz CT molecular complexity index is 271. The fourth-order valence-corrected chi connectivity index (χ4v) is 1.52. The van der Waals surface area contributed by atoms with E-state index in [1.165, 1.54) is 5.56 Å². The molecule has 0 saturated carbocycles. The lowest BCUT2D eigenvalue weighted by Crippen LogP contribution is -2.24. The van der Waals surface area contributed by atoms with Crippen LogP contribution in [0.1, 0.15) is 18.9 Å². The summed E-state index contributed by atoms with van der Waals surface area (Å²) in [5.41, 5.74) is 7.69. The minimum atomic E-state index is 0.262. The molecule has 15 heavy (non-hydrogen) atoms. The number of hydrogen-bond acceptors (Lipinski definition) is 3. The van der Waals surface area contributed by atoms with Crippen molar-refractivity contribution in [2.24, 2.45) is 0 Å². The molecule has 0 aromatic heterocycles. The number of nitrogens with zero attached hydrogens (tertiary/aromatic N) is 1. The molecule has 3 nitrogen and oxygen atoms in total. The molecule has 0 unspecified atom stereocenters. The summed E-state index contributed by atoms with van der Waals surface area (Å²) in [6, 6.07) is 7.96. The maximum atomic E-state index is 8.77. The van der Waals surface area contributed by atoms with Gasteiger partial charge in [-0.2, -0.15) is 0 Å². The first-order chi connectivity index (χ1) is 7.26. The first-order valence-electron chi connectivity index (χ1n) is 5.44. The van der Waals surface area contributed by atoms with Gasteiger partial charge in [0, 0.05) is 25.4 Å². The largest absolute Gasteiger partial charge is 0.399 e. The molecular weight excluding hydrogens is 188 g/mol. The highest BCUT2D eigenvalue weighted by molar-refractivity contribution is 5.39. The number of nitrogens with two attached hydrogens (primary N) is 1. The van der Waals surface area contributed by atoms with Crippen molar-refractivity contribution < 1.29 is 5.11 Å². The lowest BCUT2D eigenvalue weighted by Gasteiger charge is -2.19. The molecule has 0 fully saturated rings. The van der Waals surface area contributed by atoms with Gasteiger partial charge >= 0.3 is 0 Å². The van der Waals surface area contributed by atoms with Crippen molar-refractivity contribution in [1.82, 2.24) is 4.90 Å². The topological polar surface area (TPSA) is 49.5 Å². The van der Waals surface area contributed by atoms with E-state index in [-0.39, 0.29) is 6.61 Å². The fraction of sp³-hybridized carbons (Fsp3) is 0.500. The molecule has 3 heteroatoms. The van der Waals surface area contributed by atoms with Crippen LogP contribution in [0.5, 0.6) is 0 Å². The number of aliphatic hydroxyl groups is 1. The third kappa shape index (κ3) is 4.32. The number of aliphatic hydroxyl groups excluding tert-OH is 1. The van der Waals surface area contributed by atoms with E-state index in [0.717, 1.165) is 31.7 Å². The van der Waals surface area contributed by atoms with Crippen molar-refractivity contribution in [3.05, 3.63) is 29.8 Å². The van der Waals surface area contributed by atoms with Gasteiger partial charge in [0.15, 0.2) is 0 Å². The molecule has 0 bridgehead atoms. The average molecular weight is 208 g/mol. The van der Waals surface area contributed by atoms with Crippen LogP contribution in [-0.4, -0.2) is 29.7 Å². The zero-order valence-electron chi connectivity index (χ0n) is 9.32. The molecule has 0 aliphatic rings. The SMILES string of the molecule is CCN(CCCO)Cc1ccc(N)cc1. The summed E-state index contributed by atoms with van der Waals surface area (Å²) in [6.45, 7) is 5.27. The number of anilines is 1. The van der Waals surface area contributed by atoms with E-state index in [2.05, 4.69) is 24.0 Å². The molecule has 1 aromatic carbocycles. The summed E-state index contributed by atoms with van der Waals surface area (Å²) in [5.74, 6) is 0. The minimum Gasteiger partial charge on any atom is -0.399 e. The van der Waals surface area contributed by atoms with E-state index in [1.807, 2.05) is 12.1 Å². The van der Waals surface area contributed by atoms with Crippen molar-refractivity contribution in [1.29, 1.82) is 0 Å². The van der Waals surface area contributed by atoms with Crippen molar-refractivity contribution >= 4 is 5.69 Å². The van der Waals surface area contributed by atoms with Crippen LogP contribution in [0.2, 0.25) is 0 Å². The molecular formula is C12H20N2O. The number of rotatable bonds is 6. The number of nitrogen functional groups attached to an aromatic ring is 1. The summed E-state index contributed by atoms with van der Waals surface area (Å²) in [6.07, 6.45) is 0.836. The minimum absolute atomic E-state index is 0.262. The van der Waals surface area contributed by atoms with Gasteiger partial charge in [0.25, 0.3) is 0 Å². The van der Waals surface area contributed by atoms with E-state index in [9.17, 15) is 0 Å². The van der Waals surface area contributed by atoms with Crippen LogP contribution >= 0.6 is 0 Å². The molecule has 0 aliphatic heterocycles. The molecule has 0 heterocycles. The Balaban J connectivity index is 2.47. The molecule has 0 spiro atoms. The molecule has 3 N–H and O–H groups in total. The highest BCUT2D eigenvalue weighted by Crippen LogP contribution is 2.08. The normalized spacial score (nSPS) is 10.9.